The molecule has 0 saturated heterocycles. The van der Waals surface area contributed by atoms with Crippen LogP contribution >= 0.6 is 0 Å². The van der Waals surface area contributed by atoms with E-state index in [0.29, 0.717) is 17.5 Å². The molecule has 0 fully saturated rings. The van der Waals surface area contributed by atoms with E-state index in [0.717, 1.165) is 93.9 Å². The van der Waals surface area contributed by atoms with E-state index < -0.39 is 0 Å². The smallest absolute Gasteiger partial charge is 0.164 e. The van der Waals surface area contributed by atoms with Crippen LogP contribution in [-0.4, -0.2) is 15.0 Å². The molecule has 290 valence electrons. The van der Waals surface area contributed by atoms with E-state index in [1.165, 1.54) is 11.1 Å². The van der Waals surface area contributed by atoms with E-state index in [4.69, 9.17) is 23.8 Å². The van der Waals surface area contributed by atoms with Crippen LogP contribution in [0.25, 0.3) is 123 Å². The quantitative estimate of drug-likeness (QED) is 0.161. The number of fused-ring (bicyclic) bond motifs is 6. The van der Waals surface area contributed by atoms with Gasteiger partial charge >= 0.3 is 0 Å². The molecule has 0 radical (unpaired) electrons. The van der Waals surface area contributed by atoms with Crippen molar-refractivity contribution in [2.24, 2.45) is 0 Å². The van der Waals surface area contributed by atoms with Crippen molar-refractivity contribution in [3.63, 3.8) is 0 Å². The van der Waals surface area contributed by atoms with Crippen molar-refractivity contribution in [3.8, 4) is 78.7 Å². The Morgan fingerprint density at radius 1 is 0.242 bits per heavy atom. The third kappa shape index (κ3) is 6.23. The zero-order valence-electron chi connectivity index (χ0n) is 33.4. The molecular weight excluding hydrogens is 759 g/mol. The standard InChI is InChI=1S/C57H35N3O2/c1-4-14-36(15-5-1)39-20-10-22-41(32-39)43-29-31-50-48(35-43)54-46(25-13-27-52(54)62-50)57-59-55(44-23-11-21-40(33-44)37-16-6-2-7-17-37)58-56(60-57)45-24-12-26-51-53(45)47-34-42(28-30-49(47)61-51)38-18-8-3-9-19-38/h1-35H. The largest absolute Gasteiger partial charge is 0.456 e. The first-order valence-corrected chi connectivity index (χ1v) is 20.7. The Balaban J connectivity index is 1.07. The van der Waals surface area contributed by atoms with Gasteiger partial charge in [0.1, 0.15) is 22.3 Å². The van der Waals surface area contributed by atoms with Crippen LogP contribution in [0.4, 0.5) is 0 Å². The van der Waals surface area contributed by atoms with E-state index in [1.54, 1.807) is 0 Å². The second-order valence-corrected chi connectivity index (χ2v) is 15.5. The summed E-state index contributed by atoms with van der Waals surface area (Å²) in [5.74, 6) is 1.67. The molecule has 0 amide bonds. The minimum absolute atomic E-state index is 0.551. The summed E-state index contributed by atoms with van der Waals surface area (Å²) < 4.78 is 13.0. The van der Waals surface area contributed by atoms with Crippen LogP contribution in [0.5, 0.6) is 0 Å². The van der Waals surface area contributed by atoms with Gasteiger partial charge in [-0.15, -0.1) is 0 Å². The number of hydrogen-bond donors (Lipinski definition) is 0. The second-order valence-electron chi connectivity index (χ2n) is 15.5. The molecule has 0 spiro atoms. The number of nitrogens with zero attached hydrogens (tertiary/aromatic N) is 3. The van der Waals surface area contributed by atoms with Crippen molar-refractivity contribution in [2.75, 3.05) is 0 Å². The predicted molar refractivity (Wildman–Crippen MR) is 252 cm³/mol. The fourth-order valence-corrected chi connectivity index (χ4v) is 8.74. The van der Waals surface area contributed by atoms with Crippen LogP contribution in [0.15, 0.2) is 221 Å². The Kier molecular flexibility index (Phi) is 8.42. The average Bonchev–Trinajstić information content (AvgIpc) is 3.93. The lowest BCUT2D eigenvalue weighted by atomic mass is 9.97. The van der Waals surface area contributed by atoms with Gasteiger partial charge in [-0.05, 0) is 93.0 Å². The van der Waals surface area contributed by atoms with Crippen LogP contribution in [0.3, 0.4) is 0 Å². The summed E-state index contributed by atoms with van der Waals surface area (Å²) in [6, 6.07) is 73.4. The second kappa shape index (κ2) is 14.7. The highest BCUT2D eigenvalue weighted by atomic mass is 16.3. The summed E-state index contributed by atoms with van der Waals surface area (Å²) in [5, 5.41) is 3.89. The molecule has 0 N–H and O–H groups in total. The molecule has 0 saturated carbocycles. The van der Waals surface area contributed by atoms with E-state index in [9.17, 15) is 0 Å². The van der Waals surface area contributed by atoms with Crippen molar-refractivity contribution in [3.05, 3.63) is 212 Å². The zero-order valence-corrected chi connectivity index (χ0v) is 33.4. The summed E-state index contributed by atoms with van der Waals surface area (Å²) in [6.07, 6.45) is 0. The summed E-state index contributed by atoms with van der Waals surface area (Å²) in [6.45, 7) is 0. The van der Waals surface area contributed by atoms with Crippen LogP contribution in [0, 0.1) is 0 Å². The Morgan fingerprint density at radius 3 is 1.08 bits per heavy atom. The van der Waals surface area contributed by atoms with Crippen molar-refractivity contribution in [1.82, 2.24) is 15.0 Å². The fraction of sp³-hybridized carbons (Fsp3) is 0. The van der Waals surface area contributed by atoms with Crippen molar-refractivity contribution in [1.29, 1.82) is 0 Å². The zero-order chi connectivity index (χ0) is 41.0. The topological polar surface area (TPSA) is 65.0 Å². The minimum atomic E-state index is 0.551. The summed E-state index contributed by atoms with van der Waals surface area (Å²) in [5.41, 5.74) is 14.7. The molecule has 12 aromatic rings. The van der Waals surface area contributed by atoms with Gasteiger partial charge < -0.3 is 8.83 Å². The average molecular weight is 794 g/mol. The lowest BCUT2D eigenvalue weighted by Crippen LogP contribution is -2.01. The molecule has 3 heterocycles. The first-order chi connectivity index (χ1) is 30.7. The molecule has 5 nitrogen and oxygen atoms in total. The maximum atomic E-state index is 6.55. The molecule has 9 aromatic carbocycles. The molecule has 62 heavy (non-hydrogen) atoms. The SMILES string of the molecule is c1ccc(-c2cccc(-c3ccc4oc5cccc(-c6nc(-c7cccc(-c8ccccc8)c7)nc(-c7cccc8oc9ccc(-c%10ccccc%10)cc9c78)n6)c5c4c3)c2)cc1. The van der Waals surface area contributed by atoms with Gasteiger partial charge in [-0.2, -0.15) is 0 Å². The van der Waals surface area contributed by atoms with Gasteiger partial charge in [-0.1, -0.05) is 164 Å². The molecule has 12 rings (SSSR count). The normalized spacial score (nSPS) is 11.5. The number of aromatic nitrogens is 3. The van der Waals surface area contributed by atoms with E-state index in [2.05, 4.69) is 170 Å². The van der Waals surface area contributed by atoms with Gasteiger partial charge in [0, 0.05) is 38.2 Å². The Hall–Kier alpha value is -8.41. The van der Waals surface area contributed by atoms with Gasteiger partial charge in [-0.3, -0.25) is 0 Å². The summed E-state index contributed by atoms with van der Waals surface area (Å²) in [7, 11) is 0. The highest BCUT2D eigenvalue weighted by Crippen LogP contribution is 2.41. The molecule has 0 aliphatic rings. The highest BCUT2D eigenvalue weighted by Gasteiger charge is 2.21. The Morgan fingerprint density at radius 2 is 0.597 bits per heavy atom. The monoisotopic (exact) mass is 793 g/mol. The van der Waals surface area contributed by atoms with Gasteiger partial charge in [0.25, 0.3) is 0 Å². The van der Waals surface area contributed by atoms with Gasteiger partial charge in [0.05, 0.1) is 0 Å². The van der Waals surface area contributed by atoms with Crippen LogP contribution < -0.4 is 0 Å². The van der Waals surface area contributed by atoms with Crippen molar-refractivity contribution in [2.45, 2.75) is 0 Å². The van der Waals surface area contributed by atoms with E-state index in [-0.39, 0.29) is 0 Å². The Labute approximate surface area is 357 Å². The predicted octanol–water partition coefficient (Wildman–Crippen LogP) is 15.3. The molecule has 5 heteroatoms. The third-order valence-electron chi connectivity index (χ3n) is 11.7. The molecule has 0 atom stereocenters. The van der Waals surface area contributed by atoms with Crippen LogP contribution in [-0.2, 0) is 0 Å². The first kappa shape index (κ1) is 35.5. The summed E-state index contributed by atoms with van der Waals surface area (Å²) >= 11 is 0. The van der Waals surface area contributed by atoms with Crippen LogP contribution in [0.1, 0.15) is 0 Å². The van der Waals surface area contributed by atoms with Crippen LogP contribution in [0.2, 0.25) is 0 Å². The number of hydrogen-bond acceptors (Lipinski definition) is 5. The molecule has 0 aliphatic heterocycles. The minimum Gasteiger partial charge on any atom is -0.456 e. The van der Waals surface area contributed by atoms with Gasteiger partial charge in [0.2, 0.25) is 0 Å². The van der Waals surface area contributed by atoms with Gasteiger partial charge in [0.15, 0.2) is 17.5 Å². The van der Waals surface area contributed by atoms with E-state index in [1.807, 2.05) is 42.5 Å². The molecule has 3 aromatic heterocycles. The van der Waals surface area contributed by atoms with Gasteiger partial charge in [-0.25, -0.2) is 15.0 Å². The van der Waals surface area contributed by atoms with Crippen molar-refractivity contribution >= 4 is 43.9 Å². The maximum absolute atomic E-state index is 6.55. The van der Waals surface area contributed by atoms with E-state index >= 15 is 0 Å². The number of furan rings is 2. The summed E-state index contributed by atoms with van der Waals surface area (Å²) in [4.78, 5) is 15.9. The highest BCUT2D eigenvalue weighted by molar-refractivity contribution is 6.14. The molecular formula is C57H35N3O2. The first-order valence-electron chi connectivity index (χ1n) is 20.7. The lowest BCUT2D eigenvalue weighted by molar-refractivity contribution is 0.668. The number of rotatable bonds is 7. The fourth-order valence-electron chi connectivity index (χ4n) is 8.74. The number of benzene rings is 9. The maximum Gasteiger partial charge on any atom is 0.164 e. The third-order valence-corrected chi connectivity index (χ3v) is 11.7. The molecule has 0 unspecified atom stereocenters. The Bertz CT molecular complexity index is 3630. The molecule has 0 bridgehead atoms. The lowest BCUT2D eigenvalue weighted by Gasteiger charge is -2.11. The molecule has 0 aliphatic carbocycles. The van der Waals surface area contributed by atoms with Crippen molar-refractivity contribution < 1.29 is 8.83 Å².